The third kappa shape index (κ3) is 2.62. The van der Waals surface area contributed by atoms with Crippen molar-refractivity contribution < 1.29 is 17.6 Å². The number of pyridine rings is 1. The molecule has 1 aromatic heterocycles. The Labute approximate surface area is 107 Å². The number of anilines is 1. The molecule has 0 spiro atoms. The number of rotatable bonds is 2. The molecule has 6 heteroatoms. The number of aromatic nitrogens is 1. The van der Waals surface area contributed by atoms with Crippen LogP contribution in [-0.2, 0) is 6.18 Å². The molecular formula is C13H12F4N2. The molecule has 0 saturated carbocycles. The summed E-state index contributed by atoms with van der Waals surface area (Å²) in [5.41, 5.74) is -0.159. The Morgan fingerprint density at radius 3 is 2.47 bits per heavy atom. The largest absolute Gasteiger partial charge is 0.433 e. The lowest BCUT2D eigenvalue weighted by Gasteiger charge is -2.14. The lowest BCUT2D eigenvalue weighted by molar-refractivity contribution is -0.140. The third-order valence-electron chi connectivity index (χ3n) is 2.73. The van der Waals surface area contributed by atoms with Gasteiger partial charge in [0.2, 0.25) is 0 Å². The summed E-state index contributed by atoms with van der Waals surface area (Å²) in [5.74, 6) is -0.598. The summed E-state index contributed by atoms with van der Waals surface area (Å²) >= 11 is 0. The number of fused-ring (bicyclic) bond motifs is 1. The summed E-state index contributed by atoms with van der Waals surface area (Å²) in [5, 5.41) is 3.37. The maximum Gasteiger partial charge on any atom is 0.433 e. The summed E-state index contributed by atoms with van der Waals surface area (Å²) < 4.78 is 51.6. The predicted molar refractivity (Wildman–Crippen MR) is 65.6 cm³/mol. The van der Waals surface area contributed by atoms with Gasteiger partial charge in [-0.1, -0.05) is 0 Å². The molecule has 0 radical (unpaired) electrons. The fraction of sp³-hybridized carbons (Fsp3) is 0.308. The number of alkyl halides is 3. The van der Waals surface area contributed by atoms with Crippen molar-refractivity contribution in [2.45, 2.75) is 20.0 Å². The van der Waals surface area contributed by atoms with E-state index in [2.05, 4.69) is 10.3 Å². The molecule has 2 aromatic rings. The smallest absolute Gasteiger partial charge is 0.385 e. The van der Waals surface area contributed by atoms with Gasteiger partial charge in [-0.3, -0.25) is 0 Å². The lowest BCUT2D eigenvalue weighted by atomic mass is 10.1. The molecule has 0 atom stereocenters. The molecule has 0 aliphatic heterocycles. The van der Waals surface area contributed by atoms with E-state index in [1.807, 2.05) is 0 Å². The van der Waals surface area contributed by atoms with Crippen LogP contribution in [0.2, 0.25) is 0 Å². The van der Waals surface area contributed by atoms with E-state index in [-0.39, 0.29) is 5.52 Å². The van der Waals surface area contributed by atoms with Crippen molar-refractivity contribution in [3.05, 3.63) is 35.3 Å². The summed E-state index contributed by atoms with van der Waals surface area (Å²) in [7, 11) is 0. The molecule has 19 heavy (non-hydrogen) atoms. The zero-order chi connectivity index (χ0) is 14.2. The summed E-state index contributed by atoms with van der Waals surface area (Å²) in [4.78, 5) is 3.51. The highest BCUT2D eigenvalue weighted by Gasteiger charge is 2.33. The van der Waals surface area contributed by atoms with Gasteiger partial charge in [0.05, 0.1) is 5.52 Å². The van der Waals surface area contributed by atoms with Crippen molar-refractivity contribution in [2.24, 2.45) is 0 Å². The van der Waals surface area contributed by atoms with Gasteiger partial charge >= 0.3 is 6.18 Å². The molecule has 0 unspecified atom stereocenters. The average Bonchev–Trinajstić information content (AvgIpc) is 2.26. The van der Waals surface area contributed by atoms with E-state index >= 15 is 0 Å². The Hall–Kier alpha value is -1.85. The van der Waals surface area contributed by atoms with Crippen molar-refractivity contribution in [3.8, 4) is 0 Å². The third-order valence-corrected chi connectivity index (χ3v) is 2.73. The molecule has 0 saturated heterocycles. The molecule has 0 amide bonds. The van der Waals surface area contributed by atoms with E-state index in [0.717, 1.165) is 12.1 Å². The van der Waals surface area contributed by atoms with E-state index in [1.54, 1.807) is 13.8 Å². The lowest BCUT2D eigenvalue weighted by Crippen LogP contribution is -2.10. The maximum absolute atomic E-state index is 13.3. The van der Waals surface area contributed by atoms with Crippen LogP contribution in [0.25, 0.3) is 10.9 Å². The Kier molecular flexibility index (Phi) is 3.34. The van der Waals surface area contributed by atoms with Crippen LogP contribution in [0.1, 0.15) is 18.2 Å². The number of benzene rings is 1. The number of hydrogen-bond donors (Lipinski definition) is 1. The standard InChI is InChI=1S/C13H12F4N2/c1-3-18-9-6-11(13(15,16)17)19-10-5-8(14)4-7(2)12(9)10/h4-6H,3H2,1-2H3,(H,18,19). The molecule has 0 bridgehead atoms. The monoisotopic (exact) mass is 272 g/mol. The van der Waals surface area contributed by atoms with Gasteiger partial charge in [0, 0.05) is 23.7 Å². The number of aryl methyl sites for hydroxylation is 1. The van der Waals surface area contributed by atoms with Crippen molar-refractivity contribution in [2.75, 3.05) is 11.9 Å². The highest BCUT2D eigenvalue weighted by Crippen LogP contribution is 2.34. The van der Waals surface area contributed by atoms with Gasteiger partial charge in [0.25, 0.3) is 0 Å². The number of hydrogen-bond acceptors (Lipinski definition) is 2. The van der Waals surface area contributed by atoms with Gasteiger partial charge in [-0.15, -0.1) is 0 Å². The first kappa shape index (κ1) is 13.6. The molecule has 1 heterocycles. The molecule has 0 fully saturated rings. The van der Waals surface area contributed by atoms with Crippen LogP contribution in [0.3, 0.4) is 0 Å². The highest BCUT2D eigenvalue weighted by molar-refractivity contribution is 5.94. The van der Waals surface area contributed by atoms with Gasteiger partial charge in [0.1, 0.15) is 11.5 Å². The summed E-state index contributed by atoms with van der Waals surface area (Å²) in [6, 6.07) is 3.24. The van der Waals surface area contributed by atoms with Crippen molar-refractivity contribution in [3.63, 3.8) is 0 Å². The van der Waals surface area contributed by atoms with Crippen LogP contribution in [0.15, 0.2) is 18.2 Å². The predicted octanol–water partition coefficient (Wildman–Crippen LogP) is 4.13. The summed E-state index contributed by atoms with van der Waals surface area (Å²) in [6.45, 7) is 3.88. The zero-order valence-corrected chi connectivity index (χ0v) is 10.4. The van der Waals surface area contributed by atoms with Gasteiger partial charge in [-0.2, -0.15) is 13.2 Å². The molecule has 2 rings (SSSR count). The van der Waals surface area contributed by atoms with Crippen LogP contribution in [0, 0.1) is 12.7 Å². The number of nitrogens with zero attached hydrogens (tertiary/aromatic N) is 1. The minimum Gasteiger partial charge on any atom is -0.385 e. The van der Waals surface area contributed by atoms with E-state index in [4.69, 9.17) is 0 Å². The molecular weight excluding hydrogens is 260 g/mol. The number of nitrogens with one attached hydrogen (secondary N) is 1. The Morgan fingerprint density at radius 2 is 1.89 bits per heavy atom. The van der Waals surface area contributed by atoms with E-state index in [9.17, 15) is 17.6 Å². The second kappa shape index (κ2) is 4.68. The molecule has 1 aromatic carbocycles. The summed E-state index contributed by atoms with van der Waals surface area (Å²) in [6.07, 6.45) is -4.56. The molecule has 1 N–H and O–H groups in total. The van der Waals surface area contributed by atoms with Crippen LogP contribution >= 0.6 is 0 Å². The fourth-order valence-corrected chi connectivity index (χ4v) is 2.01. The number of halogens is 4. The van der Waals surface area contributed by atoms with Crippen LogP contribution in [0.4, 0.5) is 23.2 Å². The average molecular weight is 272 g/mol. The molecule has 2 nitrogen and oxygen atoms in total. The van der Waals surface area contributed by atoms with Gasteiger partial charge < -0.3 is 5.32 Å². The van der Waals surface area contributed by atoms with Crippen molar-refractivity contribution in [1.82, 2.24) is 4.98 Å². The van der Waals surface area contributed by atoms with E-state index < -0.39 is 17.7 Å². The first-order valence-electron chi connectivity index (χ1n) is 5.75. The Bertz CT molecular complexity index is 620. The Balaban J connectivity index is 2.79. The van der Waals surface area contributed by atoms with Crippen LogP contribution in [-0.4, -0.2) is 11.5 Å². The van der Waals surface area contributed by atoms with E-state index in [0.29, 0.717) is 23.2 Å². The normalized spacial score (nSPS) is 11.9. The quantitative estimate of drug-likeness (QED) is 0.831. The fourth-order valence-electron chi connectivity index (χ4n) is 2.01. The minimum atomic E-state index is -4.56. The van der Waals surface area contributed by atoms with E-state index in [1.165, 1.54) is 6.07 Å². The highest BCUT2D eigenvalue weighted by atomic mass is 19.4. The molecule has 0 aliphatic rings. The van der Waals surface area contributed by atoms with Crippen molar-refractivity contribution in [1.29, 1.82) is 0 Å². The molecule has 0 aliphatic carbocycles. The van der Waals surface area contributed by atoms with Crippen LogP contribution in [0.5, 0.6) is 0 Å². The minimum absolute atomic E-state index is 0.00303. The SMILES string of the molecule is CCNc1cc(C(F)(F)F)nc2cc(F)cc(C)c12. The second-order valence-electron chi connectivity index (χ2n) is 4.20. The first-order chi connectivity index (χ1) is 8.82. The second-order valence-corrected chi connectivity index (χ2v) is 4.20. The zero-order valence-electron chi connectivity index (χ0n) is 10.4. The Morgan fingerprint density at radius 1 is 1.21 bits per heavy atom. The van der Waals surface area contributed by atoms with Gasteiger partial charge in [-0.05, 0) is 31.5 Å². The first-order valence-corrected chi connectivity index (χ1v) is 5.75. The topological polar surface area (TPSA) is 24.9 Å². The van der Waals surface area contributed by atoms with Crippen molar-refractivity contribution >= 4 is 16.6 Å². The molecule has 102 valence electrons. The van der Waals surface area contributed by atoms with Gasteiger partial charge in [-0.25, -0.2) is 9.37 Å². The van der Waals surface area contributed by atoms with Gasteiger partial charge in [0.15, 0.2) is 0 Å². The van der Waals surface area contributed by atoms with Crippen LogP contribution < -0.4 is 5.32 Å². The maximum atomic E-state index is 13.3.